The molecule has 0 unspecified atom stereocenters. The third-order valence-corrected chi connectivity index (χ3v) is 3.75. The van der Waals surface area contributed by atoms with Gasteiger partial charge in [0.25, 0.3) is 0 Å². The number of hydrogen-bond donors (Lipinski definition) is 3. The Kier molecular flexibility index (Phi) is 3.47. The highest BCUT2D eigenvalue weighted by Gasteiger charge is 2.38. The van der Waals surface area contributed by atoms with Crippen LogP contribution in [0.25, 0.3) is 0 Å². The molecule has 5 nitrogen and oxygen atoms in total. The summed E-state index contributed by atoms with van der Waals surface area (Å²) in [5, 5.41) is 9.61. The molecule has 1 saturated carbocycles. The van der Waals surface area contributed by atoms with Gasteiger partial charge in [0.2, 0.25) is 5.91 Å². The lowest BCUT2D eigenvalue weighted by Crippen LogP contribution is -2.44. The minimum atomic E-state index is -0.379. The number of aromatic nitrogens is 2. The van der Waals surface area contributed by atoms with E-state index in [0.29, 0.717) is 12.4 Å². The molecule has 1 amide bonds. The summed E-state index contributed by atoms with van der Waals surface area (Å²) in [6.45, 7) is 2.33. The Morgan fingerprint density at radius 1 is 1.53 bits per heavy atom. The molecule has 1 aromatic heterocycles. The van der Waals surface area contributed by atoms with Crippen LogP contribution in [-0.2, 0) is 4.79 Å². The highest BCUT2D eigenvalue weighted by atomic mass is 16.2. The Morgan fingerprint density at radius 2 is 2.24 bits per heavy atom. The first kappa shape index (κ1) is 12.1. The van der Waals surface area contributed by atoms with Gasteiger partial charge in [0.15, 0.2) is 0 Å². The second-order valence-electron chi connectivity index (χ2n) is 4.93. The van der Waals surface area contributed by atoms with Gasteiger partial charge in [0.05, 0.1) is 11.6 Å². The zero-order valence-electron chi connectivity index (χ0n) is 10.3. The number of carbonyl (C=O) groups is 1. The summed E-state index contributed by atoms with van der Waals surface area (Å²) in [6.07, 6.45) is 6.87. The molecule has 1 aliphatic carbocycles. The number of nitrogens with zero attached hydrogens (tertiary/aromatic N) is 1. The van der Waals surface area contributed by atoms with Gasteiger partial charge in [-0.2, -0.15) is 5.10 Å². The minimum Gasteiger partial charge on any atom is -0.329 e. The molecule has 1 fully saturated rings. The largest absolute Gasteiger partial charge is 0.329 e. The van der Waals surface area contributed by atoms with Gasteiger partial charge in [-0.15, -0.1) is 0 Å². The van der Waals surface area contributed by atoms with Gasteiger partial charge in [-0.1, -0.05) is 19.3 Å². The zero-order chi connectivity index (χ0) is 12.3. The molecule has 0 spiro atoms. The number of H-pyrrole nitrogens is 1. The molecule has 1 aliphatic rings. The Bertz CT molecular complexity index is 393. The lowest BCUT2D eigenvalue weighted by atomic mass is 9.73. The first-order valence-corrected chi connectivity index (χ1v) is 6.19. The molecule has 1 aromatic rings. The Balaban J connectivity index is 2.10. The molecule has 4 N–H and O–H groups in total. The average Bonchev–Trinajstić information content (AvgIpc) is 2.76. The van der Waals surface area contributed by atoms with E-state index in [4.69, 9.17) is 5.73 Å². The lowest BCUT2D eigenvalue weighted by Gasteiger charge is -2.34. The molecule has 1 heterocycles. The van der Waals surface area contributed by atoms with Crippen molar-refractivity contribution in [1.82, 2.24) is 10.2 Å². The van der Waals surface area contributed by atoms with E-state index in [-0.39, 0.29) is 11.3 Å². The van der Waals surface area contributed by atoms with E-state index < -0.39 is 0 Å². The number of hydrogen-bond acceptors (Lipinski definition) is 3. The van der Waals surface area contributed by atoms with Crippen molar-refractivity contribution in [2.75, 3.05) is 11.9 Å². The third-order valence-electron chi connectivity index (χ3n) is 3.75. The predicted molar refractivity (Wildman–Crippen MR) is 66.5 cm³/mol. The van der Waals surface area contributed by atoms with Crippen LogP contribution < -0.4 is 11.1 Å². The van der Waals surface area contributed by atoms with Crippen molar-refractivity contribution in [3.63, 3.8) is 0 Å². The van der Waals surface area contributed by atoms with Crippen molar-refractivity contribution in [3.8, 4) is 0 Å². The van der Waals surface area contributed by atoms with Gasteiger partial charge < -0.3 is 11.1 Å². The van der Waals surface area contributed by atoms with Crippen molar-refractivity contribution >= 4 is 11.7 Å². The highest BCUT2D eigenvalue weighted by Crippen LogP contribution is 2.36. The van der Waals surface area contributed by atoms with Crippen LogP contribution in [-0.4, -0.2) is 22.6 Å². The topological polar surface area (TPSA) is 83.8 Å². The van der Waals surface area contributed by atoms with Crippen LogP contribution in [0.5, 0.6) is 0 Å². The molecule has 0 bridgehead atoms. The zero-order valence-corrected chi connectivity index (χ0v) is 10.3. The van der Waals surface area contributed by atoms with Gasteiger partial charge in [-0.3, -0.25) is 9.89 Å². The fourth-order valence-corrected chi connectivity index (χ4v) is 2.47. The van der Waals surface area contributed by atoms with Crippen molar-refractivity contribution in [1.29, 1.82) is 0 Å². The first-order chi connectivity index (χ1) is 8.18. The van der Waals surface area contributed by atoms with Crippen LogP contribution in [0.1, 0.15) is 37.7 Å². The van der Waals surface area contributed by atoms with Crippen LogP contribution in [0.15, 0.2) is 6.20 Å². The van der Waals surface area contributed by atoms with Gasteiger partial charge in [-0.05, 0) is 19.8 Å². The smallest absolute Gasteiger partial charge is 0.233 e. The fraction of sp³-hybridized carbons (Fsp3) is 0.667. The number of nitrogens with two attached hydrogens (primary N) is 1. The van der Waals surface area contributed by atoms with Gasteiger partial charge in [0, 0.05) is 12.1 Å². The van der Waals surface area contributed by atoms with Gasteiger partial charge in [-0.25, -0.2) is 0 Å². The van der Waals surface area contributed by atoms with Crippen LogP contribution in [0.2, 0.25) is 0 Å². The summed E-state index contributed by atoms with van der Waals surface area (Å²) in [7, 11) is 0. The maximum absolute atomic E-state index is 12.3. The van der Waals surface area contributed by atoms with Crippen LogP contribution in [0, 0.1) is 12.3 Å². The first-order valence-electron chi connectivity index (χ1n) is 6.19. The number of anilines is 1. The summed E-state index contributed by atoms with van der Waals surface area (Å²) in [5.41, 5.74) is 6.39. The van der Waals surface area contributed by atoms with E-state index in [0.717, 1.165) is 31.2 Å². The molecule has 0 atom stereocenters. The molecule has 5 heteroatoms. The molecule has 94 valence electrons. The van der Waals surface area contributed by atoms with Gasteiger partial charge in [0.1, 0.15) is 5.82 Å². The van der Waals surface area contributed by atoms with Crippen LogP contribution in [0.3, 0.4) is 0 Å². The molecule has 0 aliphatic heterocycles. The maximum atomic E-state index is 12.3. The van der Waals surface area contributed by atoms with Crippen molar-refractivity contribution in [2.24, 2.45) is 11.1 Å². The molecule has 0 radical (unpaired) electrons. The molecule has 17 heavy (non-hydrogen) atoms. The normalized spacial score (nSPS) is 18.9. The van der Waals surface area contributed by atoms with Crippen molar-refractivity contribution in [2.45, 2.75) is 39.0 Å². The maximum Gasteiger partial charge on any atom is 0.233 e. The van der Waals surface area contributed by atoms with E-state index in [9.17, 15) is 4.79 Å². The summed E-state index contributed by atoms with van der Waals surface area (Å²) in [6, 6.07) is 0. The van der Waals surface area contributed by atoms with Crippen molar-refractivity contribution < 1.29 is 4.79 Å². The number of aryl methyl sites for hydroxylation is 1. The second kappa shape index (κ2) is 4.87. The average molecular weight is 236 g/mol. The molecule has 0 aromatic carbocycles. The third kappa shape index (κ3) is 2.34. The summed E-state index contributed by atoms with van der Waals surface area (Å²) >= 11 is 0. The Labute approximate surface area is 101 Å². The standard InChI is InChI=1S/C12H20N4O/c1-9-7-14-16-10(9)15-11(17)12(8-13)5-3-2-4-6-12/h7H,2-6,8,13H2,1H3,(H2,14,15,16,17). The number of aromatic amines is 1. The summed E-state index contributed by atoms with van der Waals surface area (Å²) in [5.74, 6) is 0.723. The molecular weight excluding hydrogens is 216 g/mol. The van der Waals surface area contributed by atoms with Crippen molar-refractivity contribution in [3.05, 3.63) is 11.8 Å². The molecule has 0 saturated heterocycles. The monoisotopic (exact) mass is 236 g/mol. The number of carbonyl (C=O) groups excluding carboxylic acids is 1. The lowest BCUT2D eigenvalue weighted by molar-refractivity contribution is -0.126. The van der Waals surface area contributed by atoms with Crippen LogP contribution in [0.4, 0.5) is 5.82 Å². The minimum absolute atomic E-state index is 0.0343. The summed E-state index contributed by atoms with van der Waals surface area (Å²) in [4.78, 5) is 12.3. The summed E-state index contributed by atoms with van der Waals surface area (Å²) < 4.78 is 0. The predicted octanol–water partition coefficient (Wildman–Crippen LogP) is 1.57. The second-order valence-corrected chi connectivity index (χ2v) is 4.93. The Hall–Kier alpha value is -1.36. The van der Waals surface area contributed by atoms with E-state index in [2.05, 4.69) is 15.5 Å². The SMILES string of the molecule is Cc1cn[nH]c1NC(=O)C1(CN)CCCCC1. The quantitative estimate of drug-likeness (QED) is 0.744. The number of nitrogens with one attached hydrogen (secondary N) is 2. The number of amides is 1. The molecular formula is C12H20N4O. The molecule has 2 rings (SSSR count). The van der Waals surface area contributed by atoms with E-state index in [1.807, 2.05) is 6.92 Å². The highest BCUT2D eigenvalue weighted by molar-refractivity contribution is 5.95. The Morgan fingerprint density at radius 3 is 2.76 bits per heavy atom. The number of rotatable bonds is 3. The van der Waals surface area contributed by atoms with E-state index in [1.54, 1.807) is 6.20 Å². The van der Waals surface area contributed by atoms with Gasteiger partial charge >= 0.3 is 0 Å². The van der Waals surface area contributed by atoms with E-state index in [1.165, 1.54) is 6.42 Å². The van der Waals surface area contributed by atoms with Crippen LogP contribution >= 0.6 is 0 Å². The van der Waals surface area contributed by atoms with E-state index >= 15 is 0 Å². The fourth-order valence-electron chi connectivity index (χ4n) is 2.47.